The second kappa shape index (κ2) is 8.23. The van der Waals surface area contributed by atoms with Gasteiger partial charge >= 0.3 is 20.5 Å². The minimum absolute atomic E-state index is 0.298. The van der Waals surface area contributed by atoms with Crippen LogP contribution in [0.1, 0.15) is 27.2 Å². The largest absolute Gasteiger partial charge is 0.692 e. The molecule has 0 aromatic heterocycles. The van der Waals surface area contributed by atoms with Gasteiger partial charge in [0.25, 0.3) is 0 Å². The molecule has 0 bridgehead atoms. The van der Waals surface area contributed by atoms with E-state index in [2.05, 4.69) is 10.1 Å². The van der Waals surface area contributed by atoms with Crippen molar-refractivity contribution in [2.45, 2.75) is 39.0 Å². The van der Waals surface area contributed by atoms with Crippen molar-refractivity contribution in [2.24, 2.45) is 0 Å². The van der Waals surface area contributed by atoms with Crippen LogP contribution in [0.15, 0.2) is 0 Å². The SMILES string of the molecule is CCCNC(=O)OC(C)(C)C(F)(F)F.O=[P+](O)O. The molecule has 0 fully saturated rings. The summed E-state index contributed by atoms with van der Waals surface area (Å²) in [6.45, 7) is 3.69. The predicted octanol–water partition coefficient (Wildman–Crippen LogP) is 2.09. The van der Waals surface area contributed by atoms with Gasteiger partial charge in [-0.1, -0.05) is 6.92 Å². The van der Waals surface area contributed by atoms with E-state index in [-0.39, 0.29) is 0 Å². The van der Waals surface area contributed by atoms with Gasteiger partial charge in [0.05, 0.1) is 0 Å². The Labute approximate surface area is 103 Å². The number of alkyl halides is 3. The van der Waals surface area contributed by atoms with E-state index < -0.39 is 26.1 Å². The molecule has 0 atom stereocenters. The van der Waals surface area contributed by atoms with Gasteiger partial charge in [-0.3, -0.25) is 0 Å². The maximum absolute atomic E-state index is 12.2. The fraction of sp³-hybridized carbons (Fsp3) is 0.875. The number of rotatable bonds is 3. The monoisotopic (exact) mass is 294 g/mol. The van der Waals surface area contributed by atoms with Crippen molar-refractivity contribution in [3.8, 4) is 0 Å². The lowest BCUT2D eigenvalue weighted by molar-refractivity contribution is -0.243. The van der Waals surface area contributed by atoms with Crippen LogP contribution in [0.4, 0.5) is 18.0 Å². The predicted molar refractivity (Wildman–Crippen MR) is 57.0 cm³/mol. The van der Waals surface area contributed by atoms with E-state index in [1.54, 1.807) is 6.92 Å². The smallest absolute Gasteiger partial charge is 0.434 e. The quantitative estimate of drug-likeness (QED) is 0.693. The van der Waals surface area contributed by atoms with Crippen molar-refractivity contribution < 1.29 is 37.1 Å². The van der Waals surface area contributed by atoms with E-state index in [0.29, 0.717) is 13.0 Å². The number of alkyl carbamates (subject to hydrolysis) is 1. The van der Waals surface area contributed by atoms with Crippen molar-refractivity contribution in [3.05, 3.63) is 0 Å². The van der Waals surface area contributed by atoms with E-state index in [9.17, 15) is 18.0 Å². The van der Waals surface area contributed by atoms with Crippen LogP contribution in [0.5, 0.6) is 0 Å². The van der Waals surface area contributed by atoms with E-state index in [1.807, 2.05) is 0 Å². The molecule has 18 heavy (non-hydrogen) atoms. The summed E-state index contributed by atoms with van der Waals surface area (Å²) in [7, 11) is -2.87. The molecule has 0 saturated heterocycles. The summed E-state index contributed by atoms with van der Waals surface area (Å²) in [5.41, 5.74) is -2.45. The Bertz CT molecular complexity index is 278. The van der Waals surface area contributed by atoms with E-state index in [1.165, 1.54) is 0 Å². The maximum Gasteiger partial charge on any atom is 0.692 e. The highest BCUT2D eigenvalue weighted by Crippen LogP contribution is 2.32. The minimum atomic E-state index is -4.56. The molecule has 0 aliphatic heterocycles. The zero-order valence-electron chi connectivity index (χ0n) is 10.1. The van der Waals surface area contributed by atoms with Crippen molar-refractivity contribution in [1.82, 2.24) is 5.32 Å². The molecule has 0 saturated carbocycles. The van der Waals surface area contributed by atoms with Gasteiger partial charge in [0, 0.05) is 11.1 Å². The molecule has 0 aliphatic rings. The molecular weight excluding hydrogens is 278 g/mol. The first-order valence-corrected chi connectivity index (χ1v) is 5.99. The minimum Gasteiger partial charge on any atom is -0.434 e. The van der Waals surface area contributed by atoms with Crippen LogP contribution in [0.25, 0.3) is 0 Å². The van der Waals surface area contributed by atoms with Crippen molar-refractivity contribution in [1.29, 1.82) is 0 Å². The Balaban J connectivity index is 0. The summed E-state index contributed by atoms with van der Waals surface area (Å²) >= 11 is 0. The molecule has 108 valence electrons. The lowest BCUT2D eigenvalue weighted by atomic mass is 10.1. The molecule has 0 aromatic rings. The number of amides is 1. The van der Waals surface area contributed by atoms with Gasteiger partial charge in [0.1, 0.15) is 0 Å². The highest BCUT2D eigenvalue weighted by atomic mass is 31.1. The molecule has 0 aliphatic carbocycles. The molecule has 0 heterocycles. The highest BCUT2D eigenvalue weighted by Gasteiger charge is 2.50. The third-order valence-corrected chi connectivity index (χ3v) is 1.55. The molecule has 10 heteroatoms. The third-order valence-electron chi connectivity index (χ3n) is 1.55. The summed E-state index contributed by atoms with van der Waals surface area (Å²) in [4.78, 5) is 25.1. The number of hydrogen-bond donors (Lipinski definition) is 3. The Morgan fingerprint density at radius 2 is 1.72 bits per heavy atom. The normalized spacial score (nSPS) is 11.1. The van der Waals surface area contributed by atoms with E-state index in [0.717, 1.165) is 13.8 Å². The van der Waals surface area contributed by atoms with Crippen molar-refractivity contribution in [2.75, 3.05) is 6.54 Å². The average Bonchev–Trinajstić information content (AvgIpc) is 2.11. The lowest BCUT2D eigenvalue weighted by Crippen LogP contribution is -2.45. The molecular formula is C8H16F3NO5P+. The Kier molecular flexibility index (Phi) is 8.88. The van der Waals surface area contributed by atoms with Crippen LogP contribution in [0.2, 0.25) is 0 Å². The number of halogens is 3. The molecule has 6 nitrogen and oxygen atoms in total. The number of hydrogen-bond acceptors (Lipinski definition) is 3. The lowest BCUT2D eigenvalue weighted by Gasteiger charge is -2.27. The van der Waals surface area contributed by atoms with Gasteiger partial charge in [0.15, 0.2) is 0 Å². The van der Waals surface area contributed by atoms with Gasteiger partial charge in [-0.15, -0.1) is 9.79 Å². The van der Waals surface area contributed by atoms with Gasteiger partial charge in [-0.2, -0.15) is 13.2 Å². The zero-order chi connectivity index (χ0) is 15.0. The fourth-order valence-corrected chi connectivity index (χ4v) is 0.553. The Morgan fingerprint density at radius 1 is 1.33 bits per heavy atom. The summed E-state index contributed by atoms with van der Waals surface area (Å²) < 4.78 is 49.6. The molecule has 0 unspecified atom stereocenters. The second-order valence-electron chi connectivity index (χ2n) is 3.58. The van der Waals surface area contributed by atoms with Crippen molar-refractivity contribution in [3.63, 3.8) is 0 Å². The van der Waals surface area contributed by atoms with Gasteiger partial charge in [-0.25, -0.2) is 4.79 Å². The van der Waals surface area contributed by atoms with Gasteiger partial charge in [0.2, 0.25) is 5.60 Å². The zero-order valence-corrected chi connectivity index (χ0v) is 11.0. The van der Waals surface area contributed by atoms with E-state index >= 15 is 0 Å². The first-order valence-electron chi connectivity index (χ1n) is 4.82. The number of ether oxygens (including phenoxy) is 1. The topological polar surface area (TPSA) is 95.9 Å². The van der Waals surface area contributed by atoms with Crippen LogP contribution in [-0.4, -0.2) is 34.2 Å². The highest BCUT2D eigenvalue weighted by molar-refractivity contribution is 7.30. The first-order chi connectivity index (χ1) is 7.94. The maximum atomic E-state index is 12.2. The Morgan fingerprint density at radius 3 is 2.00 bits per heavy atom. The van der Waals surface area contributed by atoms with Crippen LogP contribution in [0, 0.1) is 0 Å². The average molecular weight is 294 g/mol. The Hall–Kier alpha value is -0.920. The molecule has 0 spiro atoms. The molecule has 1 amide bonds. The van der Waals surface area contributed by atoms with Gasteiger partial charge in [-0.05, 0) is 20.3 Å². The van der Waals surface area contributed by atoms with Crippen LogP contribution in [0.3, 0.4) is 0 Å². The summed E-state index contributed by atoms with van der Waals surface area (Å²) in [5.74, 6) is 0. The first kappa shape index (κ1) is 19.4. The van der Waals surface area contributed by atoms with Crippen molar-refractivity contribution >= 4 is 14.3 Å². The molecule has 0 radical (unpaired) electrons. The number of carbonyl (C=O) groups excluding carboxylic acids is 1. The van der Waals surface area contributed by atoms with E-state index in [4.69, 9.17) is 14.4 Å². The van der Waals surface area contributed by atoms with Crippen LogP contribution in [-0.2, 0) is 9.30 Å². The summed E-state index contributed by atoms with van der Waals surface area (Å²) in [6, 6.07) is 0. The standard InChI is InChI=1S/C8H14F3NO2.HO3P/c1-4-5-12-6(13)14-7(2,3)8(9,10)11;1-4(2)3/h4-5H2,1-3H3,(H,12,13);(H-,1,2,3)/p+1. The second-order valence-corrected chi connectivity index (χ2v) is 4.08. The number of nitrogens with one attached hydrogen (secondary N) is 1. The fourth-order valence-electron chi connectivity index (χ4n) is 0.553. The van der Waals surface area contributed by atoms with Crippen LogP contribution < -0.4 is 5.32 Å². The molecule has 3 N–H and O–H groups in total. The molecule has 0 aromatic carbocycles. The number of carbonyl (C=O) groups is 1. The molecule has 0 rings (SSSR count). The van der Waals surface area contributed by atoms with Crippen LogP contribution >= 0.6 is 8.25 Å². The van der Waals surface area contributed by atoms with Gasteiger partial charge < -0.3 is 10.1 Å². The summed E-state index contributed by atoms with van der Waals surface area (Å²) in [5, 5.41) is 2.20. The third kappa shape index (κ3) is 10.2. The summed E-state index contributed by atoms with van der Waals surface area (Å²) in [6.07, 6.45) is -4.97.